The van der Waals surface area contributed by atoms with Crippen LogP contribution in [0.3, 0.4) is 0 Å². The van der Waals surface area contributed by atoms with E-state index in [1.165, 1.54) is 0 Å². The summed E-state index contributed by atoms with van der Waals surface area (Å²) in [4.78, 5) is 0. The first kappa shape index (κ1) is 15.4. The molecule has 18 heavy (non-hydrogen) atoms. The van der Waals surface area contributed by atoms with Crippen LogP contribution in [0.15, 0.2) is 18.5 Å². The predicted octanol–water partition coefficient (Wildman–Crippen LogP) is 2.48. The molecule has 0 aliphatic heterocycles. The zero-order valence-corrected chi connectivity index (χ0v) is 11.0. The van der Waals surface area contributed by atoms with Gasteiger partial charge >= 0.3 is 5.51 Å². The van der Waals surface area contributed by atoms with E-state index in [0.717, 1.165) is 12.1 Å². The normalized spacial score (nSPS) is 12.0. The van der Waals surface area contributed by atoms with Gasteiger partial charge in [-0.1, -0.05) is 0 Å². The molecule has 0 bridgehead atoms. The van der Waals surface area contributed by atoms with Gasteiger partial charge in [0.1, 0.15) is 0 Å². The van der Waals surface area contributed by atoms with Gasteiger partial charge in [0.15, 0.2) is 0 Å². The first-order chi connectivity index (χ1) is 8.51. The molecule has 0 spiro atoms. The highest BCUT2D eigenvalue weighted by Gasteiger charge is 2.27. The molecule has 1 N–H and O–H groups in total. The maximum Gasteiger partial charge on any atom is 0.441 e. The van der Waals surface area contributed by atoms with Crippen molar-refractivity contribution >= 4 is 11.8 Å². The molecule has 0 unspecified atom stereocenters. The molecule has 0 fully saturated rings. The maximum absolute atomic E-state index is 11.9. The number of hydrogen-bond acceptors (Lipinski definition) is 3. The molecule has 0 saturated heterocycles. The standard InChI is InChI=1S/C11H17F3N2OS/c1-17-6-3-15-8-10-2-4-16(9-10)5-7-18-11(12,13)14/h2,4,9,15H,3,5-8H2,1H3. The third-order valence-electron chi connectivity index (χ3n) is 2.24. The fraction of sp³-hybridized carbons (Fsp3) is 0.636. The molecule has 7 heteroatoms. The van der Waals surface area contributed by atoms with E-state index in [0.29, 0.717) is 19.7 Å². The number of aromatic nitrogens is 1. The Morgan fingerprint density at radius 2 is 2.22 bits per heavy atom. The number of halogens is 3. The van der Waals surface area contributed by atoms with Gasteiger partial charge in [0.05, 0.1) is 6.61 Å². The number of thioether (sulfide) groups is 1. The first-order valence-corrected chi connectivity index (χ1v) is 6.55. The number of nitrogens with one attached hydrogen (secondary N) is 1. The Bertz CT molecular complexity index is 341. The lowest BCUT2D eigenvalue weighted by molar-refractivity contribution is -0.0328. The predicted molar refractivity (Wildman–Crippen MR) is 66.5 cm³/mol. The van der Waals surface area contributed by atoms with E-state index in [-0.39, 0.29) is 17.5 Å². The number of ether oxygens (including phenoxy) is 1. The van der Waals surface area contributed by atoms with Crippen LogP contribution in [0.25, 0.3) is 0 Å². The quantitative estimate of drug-likeness (QED) is 0.742. The molecule has 1 rings (SSSR count). The van der Waals surface area contributed by atoms with Gasteiger partial charge in [-0.25, -0.2) is 0 Å². The van der Waals surface area contributed by atoms with E-state index in [1.807, 2.05) is 12.3 Å². The second-order valence-electron chi connectivity index (χ2n) is 3.72. The van der Waals surface area contributed by atoms with Crippen LogP contribution in [-0.2, 0) is 17.8 Å². The number of rotatable bonds is 8. The van der Waals surface area contributed by atoms with Crippen molar-refractivity contribution in [2.24, 2.45) is 0 Å². The minimum atomic E-state index is -4.14. The van der Waals surface area contributed by atoms with Crippen molar-refractivity contribution in [1.29, 1.82) is 0 Å². The molecule has 0 radical (unpaired) electrons. The summed E-state index contributed by atoms with van der Waals surface area (Å²) >= 11 is 0.00913. The average molecular weight is 282 g/mol. The molecular formula is C11H17F3N2OS. The summed E-state index contributed by atoms with van der Waals surface area (Å²) in [5.74, 6) is 0.0364. The van der Waals surface area contributed by atoms with Crippen molar-refractivity contribution in [3.8, 4) is 0 Å². The van der Waals surface area contributed by atoms with Crippen LogP contribution >= 0.6 is 11.8 Å². The average Bonchev–Trinajstić information content (AvgIpc) is 2.71. The van der Waals surface area contributed by atoms with E-state index in [9.17, 15) is 13.2 Å². The lowest BCUT2D eigenvalue weighted by Crippen LogP contribution is -2.18. The first-order valence-electron chi connectivity index (χ1n) is 5.56. The van der Waals surface area contributed by atoms with Crippen LogP contribution in [0.2, 0.25) is 0 Å². The molecule has 1 aromatic rings. The van der Waals surface area contributed by atoms with Crippen molar-refractivity contribution < 1.29 is 17.9 Å². The Labute approximate surface area is 109 Å². The summed E-state index contributed by atoms with van der Waals surface area (Å²) in [5, 5.41) is 3.17. The zero-order chi connectivity index (χ0) is 13.4. The number of methoxy groups -OCH3 is 1. The van der Waals surface area contributed by atoms with Crippen LogP contribution in [0.1, 0.15) is 5.56 Å². The van der Waals surface area contributed by atoms with Crippen molar-refractivity contribution in [2.75, 3.05) is 26.0 Å². The van der Waals surface area contributed by atoms with Crippen LogP contribution in [-0.4, -0.2) is 36.1 Å². The fourth-order valence-corrected chi connectivity index (χ4v) is 1.94. The molecule has 3 nitrogen and oxygen atoms in total. The van der Waals surface area contributed by atoms with Gasteiger partial charge in [-0.15, -0.1) is 0 Å². The topological polar surface area (TPSA) is 26.2 Å². The number of nitrogens with zero attached hydrogens (tertiary/aromatic N) is 1. The van der Waals surface area contributed by atoms with E-state index in [4.69, 9.17) is 4.74 Å². The van der Waals surface area contributed by atoms with Gasteiger partial charge in [-0.3, -0.25) is 0 Å². The monoisotopic (exact) mass is 282 g/mol. The van der Waals surface area contributed by atoms with Gasteiger partial charge in [0, 0.05) is 44.9 Å². The SMILES string of the molecule is COCCNCc1ccn(CCSC(F)(F)F)c1. The van der Waals surface area contributed by atoms with Crippen LogP contribution in [0.5, 0.6) is 0 Å². The molecule has 0 aliphatic carbocycles. The van der Waals surface area contributed by atoms with Crippen LogP contribution in [0, 0.1) is 0 Å². The van der Waals surface area contributed by atoms with Crippen LogP contribution < -0.4 is 5.32 Å². The summed E-state index contributed by atoms with van der Waals surface area (Å²) in [6, 6.07) is 1.90. The summed E-state index contributed by atoms with van der Waals surface area (Å²) in [6.07, 6.45) is 3.65. The largest absolute Gasteiger partial charge is 0.441 e. The Balaban J connectivity index is 2.21. The number of aryl methyl sites for hydroxylation is 1. The van der Waals surface area contributed by atoms with E-state index >= 15 is 0 Å². The second-order valence-corrected chi connectivity index (χ2v) is 4.88. The Kier molecular flexibility index (Phi) is 6.59. The smallest absolute Gasteiger partial charge is 0.383 e. The Morgan fingerprint density at radius 1 is 1.44 bits per heavy atom. The molecule has 0 aliphatic rings. The van der Waals surface area contributed by atoms with Gasteiger partial charge in [0.25, 0.3) is 0 Å². The summed E-state index contributed by atoms with van der Waals surface area (Å²) in [7, 11) is 1.64. The molecule has 1 aromatic heterocycles. The van der Waals surface area contributed by atoms with Gasteiger partial charge < -0.3 is 14.6 Å². The van der Waals surface area contributed by atoms with Crippen molar-refractivity contribution in [1.82, 2.24) is 9.88 Å². The highest BCUT2D eigenvalue weighted by Crippen LogP contribution is 2.29. The molecule has 0 saturated carbocycles. The summed E-state index contributed by atoms with van der Waals surface area (Å²) < 4.78 is 42.5. The van der Waals surface area contributed by atoms with Crippen LogP contribution in [0.4, 0.5) is 13.2 Å². The zero-order valence-electron chi connectivity index (χ0n) is 10.2. The minimum Gasteiger partial charge on any atom is -0.383 e. The fourth-order valence-electron chi connectivity index (χ4n) is 1.41. The molecule has 0 atom stereocenters. The molecule has 0 amide bonds. The summed E-state index contributed by atoms with van der Waals surface area (Å²) in [5.41, 5.74) is -3.08. The maximum atomic E-state index is 11.9. The minimum absolute atomic E-state index is 0.00913. The van der Waals surface area contributed by atoms with Crippen molar-refractivity contribution in [3.05, 3.63) is 24.0 Å². The molecule has 0 aromatic carbocycles. The van der Waals surface area contributed by atoms with Gasteiger partial charge in [-0.05, 0) is 23.4 Å². The Morgan fingerprint density at radius 3 is 2.89 bits per heavy atom. The number of hydrogen-bond donors (Lipinski definition) is 1. The van der Waals surface area contributed by atoms with Crippen molar-refractivity contribution in [2.45, 2.75) is 18.6 Å². The molecule has 1 heterocycles. The van der Waals surface area contributed by atoms with Gasteiger partial charge in [0.2, 0.25) is 0 Å². The van der Waals surface area contributed by atoms with E-state index in [2.05, 4.69) is 5.32 Å². The highest BCUT2D eigenvalue weighted by atomic mass is 32.2. The third kappa shape index (κ3) is 6.93. The second kappa shape index (κ2) is 7.70. The number of alkyl halides is 3. The third-order valence-corrected chi connectivity index (χ3v) is 2.95. The van der Waals surface area contributed by atoms with Crippen molar-refractivity contribution in [3.63, 3.8) is 0 Å². The van der Waals surface area contributed by atoms with Gasteiger partial charge in [-0.2, -0.15) is 13.2 Å². The summed E-state index contributed by atoms with van der Waals surface area (Å²) in [6.45, 7) is 2.46. The van der Waals surface area contributed by atoms with E-state index in [1.54, 1.807) is 17.9 Å². The highest BCUT2D eigenvalue weighted by molar-refractivity contribution is 8.00. The molecular weight excluding hydrogens is 265 g/mol. The Hall–Kier alpha value is -0.660. The molecule has 104 valence electrons. The lowest BCUT2D eigenvalue weighted by atomic mass is 10.3. The van der Waals surface area contributed by atoms with E-state index < -0.39 is 5.51 Å². The lowest BCUT2D eigenvalue weighted by Gasteiger charge is -2.06.